The molecular formula is C12H18Cl2N2. The quantitative estimate of drug-likeness (QED) is 0.883. The van der Waals surface area contributed by atoms with Gasteiger partial charge in [-0.3, -0.25) is 0 Å². The summed E-state index contributed by atoms with van der Waals surface area (Å²) in [6.45, 7) is 3.77. The first-order chi connectivity index (χ1) is 7.54. The Hall–Kier alpha value is -0.280. The predicted octanol–water partition coefficient (Wildman–Crippen LogP) is 2.81. The Labute approximate surface area is 107 Å². The second-order valence-electron chi connectivity index (χ2n) is 4.06. The Morgan fingerprint density at radius 2 is 2.00 bits per heavy atom. The number of hydrogen-bond donors (Lipinski definition) is 1. The van der Waals surface area contributed by atoms with Gasteiger partial charge in [0.25, 0.3) is 0 Å². The molecule has 0 aliphatic heterocycles. The Morgan fingerprint density at radius 3 is 2.56 bits per heavy atom. The van der Waals surface area contributed by atoms with Crippen LogP contribution in [0.3, 0.4) is 0 Å². The number of halogens is 2. The van der Waals surface area contributed by atoms with E-state index in [0.717, 1.165) is 13.0 Å². The molecule has 0 saturated heterocycles. The molecule has 1 rings (SSSR count). The first kappa shape index (κ1) is 13.8. The van der Waals surface area contributed by atoms with Gasteiger partial charge in [-0.25, -0.2) is 0 Å². The third kappa shape index (κ3) is 3.95. The van der Waals surface area contributed by atoms with E-state index in [9.17, 15) is 0 Å². The summed E-state index contributed by atoms with van der Waals surface area (Å²) in [5, 5.41) is 1.22. The van der Waals surface area contributed by atoms with Crippen molar-refractivity contribution in [2.75, 3.05) is 20.1 Å². The molecule has 1 aromatic rings. The Morgan fingerprint density at radius 1 is 1.31 bits per heavy atom. The Kier molecular flexibility index (Phi) is 5.56. The van der Waals surface area contributed by atoms with Crippen molar-refractivity contribution >= 4 is 23.2 Å². The SMILES string of the molecule is CC(CN)N(C)CCc1ccc(Cl)c(Cl)c1. The summed E-state index contributed by atoms with van der Waals surface area (Å²) in [5.74, 6) is 0. The maximum Gasteiger partial charge on any atom is 0.0595 e. The number of benzene rings is 1. The van der Waals surface area contributed by atoms with Gasteiger partial charge in [0.1, 0.15) is 0 Å². The van der Waals surface area contributed by atoms with Crippen molar-refractivity contribution < 1.29 is 0 Å². The first-order valence-corrected chi connectivity index (χ1v) is 6.14. The maximum absolute atomic E-state index is 5.95. The van der Waals surface area contributed by atoms with Crippen LogP contribution in [0.25, 0.3) is 0 Å². The molecule has 0 bridgehead atoms. The van der Waals surface area contributed by atoms with Crippen LogP contribution in [0.1, 0.15) is 12.5 Å². The van der Waals surface area contributed by atoms with Crippen LogP contribution in [0.5, 0.6) is 0 Å². The minimum Gasteiger partial charge on any atom is -0.329 e. The normalized spacial score (nSPS) is 13.1. The molecule has 1 unspecified atom stereocenters. The summed E-state index contributed by atoms with van der Waals surface area (Å²) < 4.78 is 0. The lowest BCUT2D eigenvalue weighted by Gasteiger charge is -2.23. The van der Waals surface area contributed by atoms with E-state index < -0.39 is 0 Å². The molecule has 0 heterocycles. The fraction of sp³-hybridized carbons (Fsp3) is 0.500. The van der Waals surface area contributed by atoms with Gasteiger partial charge in [-0.05, 0) is 38.1 Å². The van der Waals surface area contributed by atoms with Gasteiger partial charge in [-0.2, -0.15) is 0 Å². The molecule has 0 saturated carbocycles. The molecule has 0 spiro atoms. The molecule has 0 radical (unpaired) electrons. The van der Waals surface area contributed by atoms with Gasteiger partial charge in [0.05, 0.1) is 10.0 Å². The van der Waals surface area contributed by atoms with E-state index in [1.807, 2.05) is 18.2 Å². The number of nitrogens with zero attached hydrogens (tertiary/aromatic N) is 1. The van der Waals surface area contributed by atoms with E-state index in [2.05, 4.69) is 18.9 Å². The Balaban J connectivity index is 2.51. The molecule has 0 aromatic heterocycles. The summed E-state index contributed by atoms with van der Waals surface area (Å²) in [4.78, 5) is 2.24. The summed E-state index contributed by atoms with van der Waals surface area (Å²) >= 11 is 11.8. The largest absolute Gasteiger partial charge is 0.329 e. The lowest BCUT2D eigenvalue weighted by atomic mass is 10.1. The molecule has 2 N–H and O–H groups in total. The monoisotopic (exact) mass is 260 g/mol. The second-order valence-corrected chi connectivity index (χ2v) is 4.88. The molecule has 0 fully saturated rings. The summed E-state index contributed by atoms with van der Waals surface area (Å²) in [5.41, 5.74) is 6.81. The minimum atomic E-state index is 0.405. The van der Waals surface area contributed by atoms with Gasteiger partial charge in [0.2, 0.25) is 0 Å². The zero-order valence-corrected chi connectivity index (χ0v) is 11.2. The molecule has 0 aliphatic carbocycles. The van der Waals surface area contributed by atoms with Crippen molar-refractivity contribution in [2.24, 2.45) is 5.73 Å². The van der Waals surface area contributed by atoms with Crippen LogP contribution < -0.4 is 5.73 Å². The fourth-order valence-corrected chi connectivity index (χ4v) is 1.72. The van der Waals surface area contributed by atoms with Crippen LogP contribution >= 0.6 is 23.2 Å². The number of likely N-dealkylation sites (N-methyl/N-ethyl adjacent to an activating group) is 1. The average molecular weight is 261 g/mol. The van der Waals surface area contributed by atoms with E-state index in [1.165, 1.54) is 5.56 Å². The van der Waals surface area contributed by atoms with Crippen LogP contribution in [0.15, 0.2) is 18.2 Å². The second kappa shape index (κ2) is 6.45. The van der Waals surface area contributed by atoms with Gasteiger partial charge in [0, 0.05) is 19.1 Å². The average Bonchev–Trinajstić information content (AvgIpc) is 2.29. The van der Waals surface area contributed by atoms with Gasteiger partial charge in [0.15, 0.2) is 0 Å². The van der Waals surface area contributed by atoms with E-state index in [1.54, 1.807) is 0 Å². The van der Waals surface area contributed by atoms with Crippen LogP contribution in [0.2, 0.25) is 10.0 Å². The lowest BCUT2D eigenvalue weighted by molar-refractivity contribution is 0.266. The zero-order chi connectivity index (χ0) is 12.1. The van der Waals surface area contributed by atoms with E-state index >= 15 is 0 Å². The van der Waals surface area contributed by atoms with Gasteiger partial charge in [-0.1, -0.05) is 29.3 Å². The molecule has 0 amide bonds. The minimum absolute atomic E-state index is 0.405. The van der Waals surface area contributed by atoms with Crippen molar-refractivity contribution in [2.45, 2.75) is 19.4 Å². The van der Waals surface area contributed by atoms with Crippen molar-refractivity contribution in [3.05, 3.63) is 33.8 Å². The topological polar surface area (TPSA) is 29.3 Å². The fourth-order valence-electron chi connectivity index (χ4n) is 1.40. The van der Waals surface area contributed by atoms with Gasteiger partial charge >= 0.3 is 0 Å². The molecule has 0 aliphatic rings. The molecule has 1 atom stereocenters. The van der Waals surface area contributed by atoms with Crippen LogP contribution in [-0.2, 0) is 6.42 Å². The molecule has 2 nitrogen and oxygen atoms in total. The van der Waals surface area contributed by atoms with Crippen LogP contribution in [0.4, 0.5) is 0 Å². The Bertz CT molecular complexity index is 342. The van der Waals surface area contributed by atoms with E-state index in [-0.39, 0.29) is 0 Å². The maximum atomic E-state index is 5.95. The summed E-state index contributed by atoms with van der Waals surface area (Å²) in [6.07, 6.45) is 0.956. The zero-order valence-electron chi connectivity index (χ0n) is 9.71. The molecule has 1 aromatic carbocycles. The molecular weight excluding hydrogens is 243 g/mol. The van der Waals surface area contributed by atoms with Crippen molar-refractivity contribution in [3.63, 3.8) is 0 Å². The van der Waals surface area contributed by atoms with Crippen molar-refractivity contribution in [3.8, 4) is 0 Å². The lowest BCUT2D eigenvalue weighted by Crippen LogP contribution is -2.36. The van der Waals surface area contributed by atoms with E-state index in [4.69, 9.17) is 28.9 Å². The number of nitrogens with two attached hydrogens (primary N) is 1. The summed E-state index contributed by atoms with van der Waals surface area (Å²) in [7, 11) is 2.08. The highest BCUT2D eigenvalue weighted by Crippen LogP contribution is 2.22. The first-order valence-electron chi connectivity index (χ1n) is 5.39. The molecule has 16 heavy (non-hydrogen) atoms. The number of hydrogen-bond acceptors (Lipinski definition) is 2. The summed E-state index contributed by atoms with van der Waals surface area (Å²) in [6, 6.07) is 6.17. The van der Waals surface area contributed by atoms with Crippen molar-refractivity contribution in [1.29, 1.82) is 0 Å². The highest BCUT2D eigenvalue weighted by atomic mass is 35.5. The highest BCUT2D eigenvalue weighted by Gasteiger charge is 2.07. The standard InChI is InChI=1S/C12H18Cl2N2/c1-9(8-15)16(2)6-5-10-3-4-11(13)12(14)7-10/h3-4,7,9H,5-6,8,15H2,1-2H3. The number of rotatable bonds is 5. The third-order valence-corrected chi connectivity index (χ3v) is 3.57. The highest BCUT2D eigenvalue weighted by molar-refractivity contribution is 6.42. The van der Waals surface area contributed by atoms with E-state index in [0.29, 0.717) is 22.6 Å². The molecule has 4 heteroatoms. The molecule has 90 valence electrons. The van der Waals surface area contributed by atoms with Crippen LogP contribution in [-0.4, -0.2) is 31.1 Å². The van der Waals surface area contributed by atoms with Gasteiger partial charge < -0.3 is 10.6 Å². The van der Waals surface area contributed by atoms with Gasteiger partial charge in [-0.15, -0.1) is 0 Å². The smallest absolute Gasteiger partial charge is 0.0595 e. The van der Waals surface area contributed by atoms with Crippen molar-refractivity contribution in [1.82, 2.24) is 4.90 Å². The predicted molar refractivity (Wildman–Crippen MR) is 71.3 cm³/mol. The third-order valence-electron chi connectivity index (χ3n) is 2.83. The van der Waals surface area contributed by atoms with Crippen LogP contribution in [0, 0.1) is 0 Å².